The first-order valence-corrected chi connectivity index (χ1v) is 7.48. The molecule has 0 aliphatic rings. The van der Waals surface area contributed by atoms with Gasteiger partial charge in [0.05, 0.1) is 5.69 Å². The van der Waals surface area contributed by atoms with E-state index in [0.29, 0.717) is 0 Å². The molecule has 0 atom stereocenters. The molecule has 110 valence electrons. The molecule has 3 rings (SSSR count). The van der Waals surface area contributed by atoms with Crippen LogP contribution in [0.1, 0.15) is 17.7 Å². The average molecular weight is 282 g/mol. The summed E-state index contributed by atoms with van der Waals surface area (Å²) in [5, 5.41) is 9.17. The molecule has 0 fully saturated rings. The summed E-state index contributed by atoms with van der Waals surface area (Å²) < 4.78 is 4.20. The highest BCUT2D eigenvalue weighted by atomic mass is 15.2. The SMILES string of the molecule is Cc1nn(C)cc1CNCCCn1ccc2ccccc21. The van der Waals surface area contributed by atoms with Crippen LogP contribution in [0.3, 0.4) is 0 Å². The van der Waals surface area contributed by atoms with Crippen molar-refractivity contribution in [3.8, 4) is 0 Å². The van der Waals surface area contributed by atoms with E-state index in [-0.39, 0.29) is 0 Å². The average Bonchev–Trinajstić information content (AvgIpc) is 3.02. The Morgan fingerprint density at radius 3 is 2.86 bits per heavy atom. The van der Waals surface area contributed by atoms with Crippen LogP contribution in [0.4, 0.5) is 0 Å². The van der Waals surface area contributed by atoms with Gasteiger partial charge in [0.15, 0.2) is 0 Å². The van der Waals surface area contributed by atoms with Gasteiger partial charge in [-0.1, -0.05) is 18.2 Å². The molecule has 4 nitrogen and oxygen atoms in total. The van der Waals surface area contributed by atoms with Crippen molar-refractivity contribution in [3.05, 3.63) is 54.0 Å². The Balaban J connectivity index is 1.47. The van der Waals surface area contributed by atoms with Gasteiger partial charge in [-0.15, -0.1) is 0 Å². The number of hydrogen-bond donors (Lipinski definition) is 1. The first-order chi connectivity index (χ1) is 10.2. The fourth-order valence-corrected chi connectivity index (χ4v) is 2.76. The monoisotopic (exact) mass is 282 g/mol. The van der Waals surface area contributed by atoms with E-state index in [4.69, 9.17) is 0 Å². The molecule has 0 bridgehead atoms. The molecule has 4 heteroatoms. The molecule has 0 saturated heterocycles. The second kappa shape index (κ2) is 6.14. The molecule has 0 amide bonds. The van der Waals surface area contributed by atoms with Gasteiger partial charge in [0.2, 0.25) is 0 Å². The molecular formula is C17H22N4. The van der Waals surface area contributed by atoms with Crippen LogP contribution < -0.4 is 5.32 Å². The van der Waals surface area contributed by atoms with Crippen molar-refractivity contribution in [2.45, 2.75) is 26.4 Å². The predicted molar refractivity (Wildman–Crippen MR) is 86.2 cm³/mol. The van der Waals surface area contributed by atoms with Gasteiger partial charge in [-0.25, -0.2) is 0 Å². The number of benzene rings is 1. The van der Waals surface area contributed by atoms with Crippen LogP contribution >= 0.6 is 0 Å². The van der Waals surface area contributed by atoms with Crippen LogP contribution in [0.2, 0.25) is 0 Å². The first-order valence-electron chi connectivity index (χ1n) is 7.48. The minimum Gasteiger partial charge on any atom is -0.347 e. The van der Waals surface area contributed by atoms with Gasteiger partial charge in [-0.05, 0) is 37.4 Å². The zero-order valence-electron chi connectivity index (χ0n) is 12.7. The van der Waals surface area contributed by atoms with Crippen LogP contribution in [-0.2, 0) is 20.1 Å². The summed E-state index contributed by atoms with van der Waals surface area (Å²) in [7, 11) is 1.97. The number of rotatable bonds is 6. The van der Waals surface area contributed by atoms with Crippen molar-refractivity contribution >= 4 is 10.9 Å². The molecular weight excluding hydrogens is 260 g/mol. The maximum absolute atomic E-state index is 4.36. The predicted octanol–water partition coefficient (Wildman–Crippen LogP) is 2.86. The number of hydrogen-bond acceptors (Lipinski definition) is 2. The maximum atomic E-state index is 4.36. The molecule has 21 heavy (non-hydrogen) atoms. The van der Waals surface area contributed by atoms with Gasteiger partial charge in [0, 0.05) is 43.6 Å². The summed E-state index contributed by atoms with van der Waals surface area (Å²) >= 11 is 0. The molecule has 0 unspecified atom stereocenters. The van der Waals surface area contributed by atoms with E-state index in [1.165, 1.54) is 16.5 Å². The van der Waals surface area contributed by atoms with E-state index < -0.39 is 0 Å². The number of nitrogens with zero attached hydrogens (tertiary/aromatic N) is 3. The number of nitrogens with one attached hydrogen (secondary N) is 1. The largest absolute Gasteiger partial charge is 0.347 e. The molecule has 1 N–H and O–H groups in total. The Kier molecular flexibility index (Phi) is 4.06. The topological polar surface area (TPSA) is 34.8 Å². The van der Waals surface area contributed by atoms with Crippen molar-refractivity contribution in [1.29, 1.82) is 0 Å². The second-order valence-electron chi connectivity index (χ2n) is 5.51. The lowest BCUT2D eigenvalue weighted by molar-refractivity contribution is 0.590. The molecule has 2 heterocycles. The van der Waals surface area contributed by atoms with Crippen LogP contribution in [0.5, 0.6) is 0 Å². The molecule has 3 aromatic rings. The van der Waals surface area contributed by atoms with Gasteiger partial charge >= 0.3 is 0 Å². The van der Waals surface area contributed by atoms with Crippen LogP contribution in [0.25, 0.3) is 10.9 Å². The molecule has 2 aromatic heterocycles. The fraction of sp³-hybridized carbons (Fsp3) is 0.353. The zero-order valence-corrected chi connectivity index (χ0v) is 12.7. The summed E-state index contributed by atoms with van der Waals surface area (Å²) in [6.45, 7) is 5.02. The number of fused-ring (bicyclic) bond motifs is 1. The van der Waals surface area contributed by atoms with Crippen molar-refractivity contribution < 1.29 is 0 Å². The molecule has 1 aromatic carbocycles. The molecule has 0 spiro atoms. The first kappa shape index (κ1) is 13.9. The lowest BCUT2D eigenvalue weighted by Crippen LogP contribution is -2.16. The summed E-state index contributed by atoms with van der Waals surface area (Å²) in [5.41, 5.74) is 3.71. The summed E-state index contributed by atoms with van der Waals surface area (Å²) in [5.74, 6) is 0. The molecule has 0 radical (unpaired) electrons. The zero-order chi connectivity index (χ0) is 14.7. The quantitative estimate of drug-likeness (QED) is 0.706. The normalized spacial score (nSPS) is 11.3. The van der Waals surface area contributed by atoms with E-state index in [9.17, 15) is 0 Å². The fourth-order valence-electron chi connectivity index (χ4n) is 2.76. The highest BCUT2D eigenvalue weighted by Crippen LogP contribution is 2.15. The van der Waals surface area contributed by atoms with E-state index >= 15 is 0 Å². The molecule has 0 aliphatic carbocycles. The third-order valence-corrected chi connectivity index (χ3v) is 3.86. The Morgan fingerprint density at radius 1 is 1.19 bits per heavy atom. The van der Waals surface area contributed by atoms with Crippen molar-refractivity contribution in [2.24, 2.45) is 7.05 Å². The van der Waals surface area contributed by atoms with Gasteiger partial charge in [0.25, 0.3) is 0 Å². The van der Waals surface area contributed by atoms with Crippen LogP contribution in [-0.4, -0.2) is 20.9 Å². The minimum absolute atomic E-state index is 0.895. The summed E-state index contributed by atoms with van der Waals surface area (Å²) in [4.78, 5) is 0. The number of para-hydroxylation sites is 1. The summed E-state index contributed by atoms with van der Waals surface area (Å²) in [6, 6.07) is 10.7. The molecule has 0 aliphatic heterocycles. The lowest BCUT2D eigenvalue weighted by Gasteiger charge is -2.07. The minimum atomic E-state index is 0.895. The van der Waals surface area contributed by atoms with Gasteiger partial charge in [-0.3, -0.25) is 4.68 Å². The van der Waals surface area contributed by atoms with Gasteiger partial charge in [0.1, 0.15) is 0 Å². The Hall–Kier alpha value is -2.07. The van der Waals surface area contributed by atoms with E-state index in [0.717, 1.165) is 31.7 Å². The van der Waals surface area contributed by atoms with Crippen molar-refractivity contribution in [1.82, 2.24) is 19.7 Å². The Labute approximate surface area is 125 Å². The van der Waals surface area contributed by atoms with E-state index in [2.05, 4.69) is 64.6 Å². The lowest BCUT2D eigenvalue weighted by atomic mass is 10.2. The Bertz CT molecular complexity index is 723. The van der Waals surface area contributed by atoms with E-state index in [1.54, 1.807) is 0 Å². The summed E-state index contributed by atoms with van der Waals surface area (Å²) in [6.07, 6.45) is 5.38. The standard InChI is InChI=1S/C17H22N4/c1-14-16(13-20(2)19-14)12-18-9-5-10-21-11-8-15-6-3-4-7-17(15)21/h3-4,6-8,11,13,18H,5,9-10,12H2,1-2H3. The smallest absolute Gasteiger partial charge is 0.0638 e. The molecule has 0 saturated carbocycles. The number of aryl methyl sites for hydroxylation is 3. The van der Waals surface area contributed by atoms with Crippen molar-refractivity contribution in [2.75, 3.05) is 6.54 Å². The van der Waals surface area contributed by atoms with Gasteiger partial charge < -0.3 is 9.88 Å². The highest BCUT2D eigenvalue weighted by Gasteiger charge is 2.02. The second-order valence-corrected chi connectivity index (χ2v) is 5.51. The maximum Gasteiger partial charge on any atom is 0.0638 e. The third kappa shape index (κ3) is 3.16. The van der Waals surface area contributed by atoms with Gasteiger partial charge in [-0.2, -0.15) is 5.10 Å². The van der Waals surface area contributed by atoms with Crippen molar-refractivity contribution in [3.63, 3.8) is 0 Å². The highest BCUT2D eigenvalue weighted by molar-refractivity contribution is 5.79. The van der Waals surface area contributed by atoms with E-state index in [1.807, 2.05) is 11.7 Å². The Morgan fingerprint density at radius 2 is 2.05 bits per heavy atom. The third-order valence-electron chi connectivity index (χ3n) is 3.86. The van der Waals surface area contributed by atoms with Crippen LogP contribution in [0.15, 0.2) is 42.7 Å². The van der Waals surface area contributed by atoms with Crippen LogP contribution in [0, 0.1) is 6.92 Å². The number of aromatic nitrogens is 3.